The van der Waals surface area contributed by atoms with E-state index in [1.165, 1.54) is 44.9 Å². The van der Waals surface area contributed by atoms with Gasteiger partial charge in [-0.05, 0) is 25.7 Å². The molecule has 1 heterocycles. The molecule has 2 atom stereocenters. The van der Waals surface area contributed by atoms with Crippen LogP contribution in [-0.2, 0) is 4.74 Å². The number of thioether (sulfide) groups is 1. The third-order valence-electron chi connectivity index (χ3n) is 3.93. The molecule has 1 aliphatic heterocycles. The van der Waals surface area contributed by atoms with E-state index < -0.39 is 6.10 Å². The van der Waals surface area contributed by atoms with Crippen LogP contribution in [0.2, 0.25) is 0 Å². The fourth-order valence-corrected chi connectivity index (χ4v) is 3.98. The first-order chi connectivity index (χ1) is 8.24. The normalized spacial score (nSPS) is 29.6. The van der Waals surface area contributed by atoms with Crippen molar-refractivity contribution in [3.05, 3.63) is 0 Å². The van der Waals surface area contributed by atoms with Crippen LogP contribution in [0.25, 0.3) is 0 Å². The smallest absolute Gasteiger partial charge is 0.0861 e. The Bertz CT molecular complexity index is 229. The molecule has 0 radical (unpaired) electrons. The lowest BCUT2D eigenvalue weighted by Crippen LogP contribution is -2.32. The molecule has 2 unspecified atom stereocenters. The lowest BCUT2D eigenvalue weighted by Gasteiger charge is -2.33. The van der Waals surface area contributed by atoms with Crippen LogP contribution in [0.15, 0.2) is 0 Å². The van der Waals surface area contributed by atoms with Gasteiger partial charge in [0.1, 0.15) is 0 Å². The van der Waals surface area contributed by atoms with Gasteiger partial charge >= 0.3 is 0 Å². The van der Waals surface area contributed by atoms with Crippen LogP contribution in [0, 0.1) is 0 Å². The first-order valence-corrected chi connectivity index (χ1v) is 7.94. The van der Waals surface area contributed by atoms with Crippen molar-refractivity contribution < 1.29 is 14.9 Å². The molecule has 1 spiro atoms. The van der Waals surface area contributed by atoms with E-state index in [9.17, 15) is 5.11 Å². The summed E-state index contributed by atoms with van der Waals surface area (Å²) in [6.07, 6.45) is 8.68. The third-order valence-corrected chi connectivity index (χ3v) is 5.16. The average molecular weight is 260 g/mol. The minimum absolute atomic E-state index is 0.136. The molecule has 1 saturated heterocycles. The Hall–Kier alpha value is 0.230. The van der Waals surface area contributed by atoms with Crippen molar-refractivity contribution in [1.29, 1.82) is 0 Å². The van der Waals surface area contributed by atoms with Crippen LogP contribution in [-0.4, -0.2) is 46.1 Å². The highest BCUT2D eigenvalue weighted by Gasteiger charge is 2.40. The molecule has 4 heteroatoms. The number of aliphatic hydroxyl groups is 2. The topological polar surface area (TPSA) is 49.7 Å². The molecule has 2 aliphatic rings. The van der Waals surface area contributed by atoms with Crippen LogP contribution < -0.4 is 0 Å². The molecule has 100 valence electrons. The van der Waals surface area contributed by atoms with Crippen molar-refractivity contribution in [3.63, 3.8) is 0 Å². The van der Waals surface area contributed by atoms with Gasteiger partial charge in [0.2, 0.25) is 0 Å². The highest BCUT2D eigenvalue weighted by atomic mass is 32.2. The van der Waals surface area contributed by atoms with Gasteiger partial charge in [-0.25, -0.2) is 0 Å². The van der Waals surface area contributed by atoms with Gasteiger partial charge in [-0.2, -0.15) is 11.8 Å². The lowest BCUT2D eigenvalue weighted by atomic mass is 9.83. The van der Waals surface area contributed by atoms with Crippen molar-refractivity contribution in [2.75, 3.05) is 18.1 Å². The zero-order chi connectivity index (χ0) is 12.1. The second-order valence-corrected chi connectivity index (χ2v) is 6.47. The molecule has 1 aliphatic carbocycles. The number of hydrogen-bond acceptors (Lipinski definition) is 4. The Morgan fingerprint density at radius 2 is 2.00 bits per heavy atom. The van der Waals surface area contributed by atoms with Gasteiger partial charge in [0.25, 0.3) is 0 Å². The van der Waals surface area contributed by atoms with Gasteiger partial charge in [0, 0.05) is 11.5 Å². The number of aliphatic hydroxyl groups excluding tert-OH is 2. The molecular formula is C13H24O3S. The summed E-state index contributed by atoms with van der Waals surface area (Å²) < 4.78 is 6.24. The standard InChI is InChI=1S/C13H24O3S/c14-8-11(15)9-17-10-12-4-7-13(16-12)5-2-1-3-6-13/h11-12,14-15H,1-10H2. The first kappa shape index (κ1) is 13.7. The van der Waals surface area contributed by atoms with Gasteiger partial charge < -0.3 is 14.9 Å². The van der Waals surface area contributed by atoms with Crippen LogP contribution in [0.1, 0.15) is 44.9 Å². The van der Waals surface area contributed by atoms with Crippen LogP contribution >= 0.6 is 11.8 Å². The largest absolute Gasteiger partial charge is 0.394 e. The Labute approximate surface area is 108 Å². The monoisotopic (exact) mass is 260 g/mol. The molecular weight excluding hydrogens is 236 g/mol. The molecule has 0 bridgehead atoms. The third kappa shape index (κ3) is 3.85. The molecule has 0 aromatic heterocycles. The summed E-state index contributed by atoms with van der Waals surface area (Å²) in [6.45, 7) is -0.136. The SMILES string of the molecule is OCC(O)CSCC1CCC2(CCCCC2)O1. The van der Waals surface area contributed by atoms with E-state index in [0.717, 1.165) is 5.75 Å². The molecule has 0 aromatic rings. The van der Waals surface area contributed by atoms with Gasteiger partial charge in [0.05, 0.1) is 24.4 Å². The van der Waals surface area contributed by atoms with Crippen LogP contribution in [0.3, 0.4) is 0 Å². The zero-order valence-corrected chi connectivity index (χ0v) is 11.3. The zero-order valence-electron chi connectivity index (χ0n) is 10.4. The molecule has 2 N–H and O–H groups in total. The Morgan fingerprint density at radius 1 is 1.24 bits per heavy atom. The van der Waals surface area contributed by atoms with Crippen molar-refractivity contribution >= 4 is 11.8 Å². The molecule has 2 rings (SSSR count). The second-order valence-electron chi connectivity index (χ2n) is 5.40. The Kier molecular flexibility index (Phi) is 5.15. The number of hydrogen-bond donors (Lipinski definition) is 2. The minimum Gasteiger partial charge on any atom is -0.394 e. The summed E-state index contributed by atoms with van der Waals surface area (Å²) in [7, 11) is 0. The van der Waals surface area contributed by atoms with Crippen LogP contribution in [0.5, 0.6) is 0 Å². The molecule has 0 amide bonds. The highest BCUT2D eigenvalue weighted by molar-refractivity contribution is 7.99. The van der Waals surface area contributed by atoms with Gasteiger partial charge in [-0.15, -0.1) is 0 Å². The predicted molar refractivity (Wildman–Crippen MR) is 70.3 cm³/mol. The average Bonchev–Trinajstić information content (AvgIpc) is 2.73. The summed E-state index contributed by atoms with van der Waals surface area (Å²) in [5, 5.41) is 18.0. The van der Waals surface area contributed by atoms with Crippen molar-refractivity contribution in [3.8, 4) is 0 Å². The summed E-state index contributed by atoms with van der Waals surface area (Å²) >= 11 is 1.70. The molecule has 17 heavy (non-hydrogen) atoms. The van der Waals surface area contributed by atoms with Gasteiger partial charge in [-0.3, -0.25) is 0 Å². The Morgan fingerprint density at radius 3 is 2.71 bits per heavy atom. The summed E-state index contributed by atoms with van der Waals surface area (Å²) in [5.41, 5.74) is 0.207. The second kappa shape index (κ2) is 6.41. The summed E-state index contributed by atoms with van der Waals surface area (Å²) in [4.78, 5) is 0. The predicted octanol–water partition coefficient (Wildman–Crippen LogP) is 1.95. The van der Waals surface area contributed by atoms with Crippen molar-refractivity contribution in [2.45, 2.75) is 62.8 Å². The lowest BCUT2D eigenvalue weighted by molar-refractivity contribution is -0.0555. The number of rotatable bonds is 5. The number of ether oxygens (including phenoxy) is 1. The fraction of sp³-hybridized carbons (Fsp3) is 1.00. The van der Waals surface area contributed by atoms with Gasteiger partial charge in [0.15, 0.2) is 0 Å². The molecule has 3 nitrogen and oxygen atoms in total. The van der Waals surface area contributed by atoms with E-state index in [2.05, 4.69) is 0 Å². The maximum Gasteiger partial charge on any atom is 0.0861 e. The van der Waals surface area contributed by atoms with Crippen molar-refractivity contribution in [1.82, 2.24) is 0 Å². The quantitative estimate of drug-likeness (QED) is 0.793. The molecule has 0 aromatic carbocycles. The molecule has 1 saturated carbocycles. The summed E-state index contributed by atoms with van der Waals surface area (Å²) in [5.74, 6) is 1.57. The molecule has 2 fully saturated rings. The first-order valence-electron chi connectivity index (χ1n) is 6.79. The maximum atomic E-state index is 9.26. The van der Waals surface area contributed by atoms with E-state index in [1.54, 1.807) is 11.8 Å². The maximum absolute atomic E-state index is 9.26. The Balaban J connectivity index is 1.67. The fourth-order valence-electron chi connectivity index (χ4n) is 2.96. The van der Waals surface area contributed by atoms with E-state index >= 15 is 0 Å². The highest BCUT2D eigenvalue weighted by Crippen LogP contribution is 2.42. The van der Waals surface area contributed by atoms with E-state index in [1.807, 2.05) is 0 Å². The van der Waals surface area contributed by atoms with Crippen LogP contribution in [0.4, 0.5) is 0 Å². The van der Waals surface area contributed by atoms with E-state index in [4.69, 9.17) is 9.84 Å². The van der Waals surface area contributed by atoms with E-state index in [0.29, 0.717) is 11.9 Å². The van der Waals surface area contributed by atoms with Crippen molar-refractivity contribution in [2.24, 2.45) is 0 Å². The van der Waals surface area contributed by atoms with Gasteiger partial charge in [-0.1, -0.05) is 19.3 Å². The van der Waals surface area contributed by atoms with E-state index in [-0.39, 0.29) is 12.2 Å². The minimum atomic E-state index is -0.579. The summed E-state index contributed by atoms with van der Waals surface area (Å²) in [6, 6.07) is 0.